The van der Waals surface area contributed by atoms with Crippen molar-refractivity contribution in [2.24, 2.45) is 0 Å². The lowest BCUT2D eigenvalue weighted by Crippen LogP contribution is -2.21. The topological polar surface area (TPSA) is 46.0 Å². The molecule has 5 nitrogen and oxygen atoms in total. The maximum Gasteiger partial charge on any atom is 0.128 e. The fourth-order valence-electron chi connectivity index (χ4n) is 3.43. The third-order valence-electron chi connectivity index (χ3n) is 5.05. The van der Waals surface area contributed by atoms with E-state index in [9.17, 15) is 0 Å². The molecule has 0 saturated carbocycles. The molecule has 5 heteroatoms. The zero-order chi connectivity index (χ0) is 17.8. The van der Waals surface area contributed by atoms with Crippen LogP contribution in [0.4, 0.5) is 5.82 Å². The van der Waals surface area contributed by atoms with E-state index in [4.69, 9.17) is 0 Å². The number of aromatic nitrogens is 3. The molecule has 1 fully saturated rings. The van der Waals surface area contributed by atoms with E-state index < -0.39 is 0 Å². The lowest BCUT2D eigenvalue weighted by molar-refractivity contribution is 0.574. The molecule has 3 aromatic rings. The van der Waals surface area contributed by atoms with Crippen molar-refractivity contribution in [1.29, 1.82) is 0 Å². The van der Waals surface area contributed by atoms with Crippen LogP contribution in [0.15, 0.2) is 61.3 Å². The van der Waals surface area contributed by atoms with Gasteiger partial charge in [-0.25, -0.2) is 9.97 Å². The Kier molecular flexibility index (Phi) is 4.97. The highest BCUT2D eigenvalue weighted by molar-refractivity contribution is 5.42. The van der Waals surface area contributed by atoms with Gasteiger partial charge in [0.25, 0.3) is 0 Å². The Bertz CT molecular complexity index is 820. The second kappa shape index (κ2) is 7.70. The first-order chi connectivity index (χ1) is 12.8. The third kappa shape index (κ3) is 3.78. The van der Waals surface area contributed by atoms with E-state index in [1.165, 1.54) is 24.0 Å². The van der Waals surface area contributed by atoms with Crippen LogP contribution in [0.5, 0.6) is 0 Å². The Hall–Kier alpha value is -2.66. The maximum atomic E-state index is 4.53. The van der Waals surface area contributed by atoms with Crippen molar-refractivity contribution in [2.45, 2.75) is 32.4 Å². The van der Waals surface area contributed by atoms with Crippen LogP contribution in [-0.4, -0.2) is 27.6 Å². The van der Waals surface area contributed by atoms with Gasteiger partial charge in [-0.3, -0.25) is 0 Å². The zero-order valence-corrected chi connectivity index (χ0v) is 15.2. The summed E-state index contributed by atoms with van der Waals surface area (Å²) in [6.07, 6.45) is 10.0. The van der Waals surface area contributed by atoms with Crippen molar-refractivity contribution in [2.75, 3.05) is 18.0 Å². The second-order valence-electron chi connectivity index (χ2n) is 6.88. The van der Waals surface area contributed by atoms with Gasteiger partial charge in [-0.2, -0.15) is 0 Å². The molecule has 0 bridgehead atoms. The van der Waals surface area contributed by atoms with Crippen molar-refractivity contribution in [1.82, 2.24) is 19.9 Å². The van der Waals surface area contributed by atoms with E-state index in [1.807, 2.05) is 23.3 Å². The van der Waals surface area contributed by atoms with Crippen LogP contribution in [0.2, 0.25) is 0 Å². The molecule has 134 valence electrons. The number of nitrogens with one attached hydrogen (secondary N) is 1. The molecule has 1 N–H and O–H groups in total. The first-order valence-electron chi connectivity index (χ1n) is 9.31. The van der Waals surface area contributed by atoms with Crippen molar-refractivity contribution in [3.05, 3.63) is 72.4 Å². The van der Waals surface area contributed by atoms with E-state index >= 15 is 0 Å². The molecule has 1 aromatic carbocycles. The van der Waals surface area contributed by atoms with Gasteiger partial charge >= 0.3 is 0 Å². The predicted octanol–water partition coefficient (Wildman–Crippen LogP) is 3.72. The molecule has 0 spiro atoms. The monoisotopic (exact) mass is 347 g/mol. The zero-order valence-electron chi connectivity index (χ0n) is 15.2. The van der Waals surface area contributed by atoms with Crippen LogP contribution in [-0.2, 0) is 6.54 Å². The fraction of sp³-hybridized carbons (Fsp3) is 0.333. The summed E-state index contributed by atoms with van der Waals surface area (Å²) < 4.78 is 2.01. The standard InChI is InChI=1S/C21H25N5/c1-17(19-4-6-20(7-5-19)26-13-10-22-16-26)24-15-18-8-9-23-21(14-18)25-11-2-3-12-25/h4-10,13-14,16-17,24H,2-3,11-12,15H2,1H3/t17-/m0/s1. The summed E-state index contributed by atoms with van der Waals surface area (Å²) >= 11 is 0. The SMILES string of the molecule is C[C@H](NCc1ccnc(N2CCCC2)c1)c1ccc(-n2ccnc2)cc1. The summed E-state index contributed by atoms with van der Waals surface area (Å²) in [5, 5.41) is 3.62. The summed E-state index contributed by atoms with van der Waals surface area (Å²) in [7, 11) is 0. The lowest BCUT2D eigenvalue weighted by atomic mass is 10.1. The molecule has 2 aromatic heterocycles. The van der Waals surface area contributed by atoms with E-state index in [0.717, 1.165) is 31.1 Å². The molecule has 1 saturated heterocycles. The van der Waals surface area contributed by atoms with Crippen LogP contribution in [0.25, 0.3) is 5.69 Å². The minimum atomic E-state index is 0.287. The number of imidazole rings is 1. The lowest BCUT2D eigenvalue weighted by Gasteiger charge is -2.18. The molecule has 0 amide bonds. The molecule has 0 radical (unpaired) electrons. The number of benzene rings is 1. The minimum absolute atomic E-state index is 0.287. The van der Waals surface area contributed by atoms with Gasteiger partial charge in [-0.15, -0.1) is 0 Å². The van der Waals surface area contributed by atoms with Gasteiger partial charge in [0.15, 0.2) is 0 Å². The molecule has 3 heterocycles. The molecule has 26 heavy (non-hydrogen) atoms. The largest absolute Gasteiger partial charge is 0.357 e. The first-order valence-corrected chi connectivity index (χ1v) is 9.31. The van der Waals surface area contributed by atoms with Crippen LogP contribution in [0, 0.1) is 0 Å². The molecule has 1 atom stereocenters. The maximum absolute atomic E-state index is 4.53. The highest BCUT2D eigenvalue weighted by atomic mass is 15.2. The Morgan fingerprint density at radius 2 is 1.88 bits per heavy atom. The van der Waals surface area contributed by atoms with E-state index in [1.54, 1.807) is 6.20 Å². The molecule has 4 rings (SSSR count). The summed E-state index contributed by atoms with van der Waals surface area (Å²) in [4.78, 5) is 11.0. The number of anilines is 1. The highest BCUT2D eigenvalue weighted by Gasteiger charge is 2.13. The molecule has 0 aliphatic carbocycles. The number of hydrogen-bond donors (Lipinski definition) is 1. The summed E-state index contributed by atoms with van der Waals surface area (Å²) in [5.74, 6) is 1.11. The van der Waals surface area contributed by atoms with Crippen LogP contribution < -0.4 is 10.2 Å². The van der Waals surface area contributed by atoms with Crippen molar-refractivity contribution < 1.29 is 0 Å². The van der Waals surface area contributed by atoms with Gasteiger partial charge in [0, 0.05) is 50.0 Å². The Labute approximate surface area is 154 Å². The number of hydrogen-bond acceptors (Lipinski definition) is 4. The van der Waals surface area contributed by atoms with Crippen molar-refractivity contribution >= 4 is 5.82 Å². The first kappa shape index (κ1) is 16.8. The van der Waals surface area contributed by atoms with Crippen molar-refractivity contribution in [3.63, 3.8) is 0 Å². The van der Waals surface area contributed by atoms with Gasteiger partial charge < -0.3 is 14.8 Å². The molecule has 0 unspecified atom stereocenters. The van der Waals surface area contributed by atoms with Gasteiger partial charge in [0.1, 0.15) is 5.82 Å². The Balaban J connectivity index is 1.37. The van der Waals surface area contributed by atoms with Gasteiger partial charge in [-0.05, 0) is 55.2 Å². The van der Waals surface area contributed by atoms with E-state index in [2.05, 4.69) is 63.5 Å². The summed E-state index contributed by atoms with van der Waals surface area (Å²) in [6, 6.07) is 13.2. The second-order valence-corrected chi connectivity index (χ2v) is 6.88. The Morgan fingerprint density at radius 1 is 1.08 bits per heavy atom. The van der Waals surface area contributed by atoms with Gasteiger partial charge in [-0.1, -0.05) is 12.1 Å². The van der Waals surface area contributed by atoms with E-state index in [0.29, 0.717) is 0 Å². The highest BCUT2D eigenvalue weighted by Crippen LogP contribution is 2.20. The minimum Gasteiger partial charge on any atom is -0.357 e. The third-order valence-corrected chi connectivity index (χ3v) is 5.05. The van der Waals surface area contributed by atoms with E-state index in [-0.39, 0.29) is 6.04 Å². The van der Waals surface area contributed by atoms with Crippen LogP contribution in [0.3, 0.4) is 0 Å². The fourth-order valence-corrected chi connectivity index (χ4v) is 3.43. The van der Waals surface area contributed by atoms with Crippen LogP contribution in [0.1, 0.15) is 36.9 Å². The average Bonchev–Trinajstić information content (AvgIpc) is 3.40. The number of pyridine rings is 1. The Morgan fingerprint density at radius 3 is 2.62 bits per heavy atom. The quantitative estimate of drug-likeness (QED) is 0.738. The van der Waals surface area contributed by atoms with Gasteiger partial charge in [0.05, 0.1) is 6.33 Å². The normalized spacial score (nSPS) is 15.3. The molecular weight excluding hydrogens is 322 g/mol. The number of rotatable bonds is 6. The molecule has 1 aliphatic rings. The molecule has 1 aliphatic heterocycles. The smallest absolute Gasteiger partial charge is 0.128 e. The summed E-state index contributed by atoms with van der Waals surface area (Å²) in [6.45, 7) is 5.30. The molecular formula is C21H25N5. The average molecular weight is 347 g/mol. The number of nitrogens with zero attached hydrogens (tertiary/aromatic N) is 4. The van der Waals surface area contributed by atoms with Gasteiger partial charge in [0.2, 0.25) is 0 Å². The van der Waals surface area contributed by atoms with Crippen molar-refractivity contribution in [3.8, 4) is 5.69 Å². The van der Waals surface area contributed by atoms with Crippen LogP contribution >= 0.6 is 0 Å². The predicted molar refractivity (Wildman–Crippen MR) is 105 cm³/mol. The summed E-state index contributed by atoms with van der Waals surface area (Å²) in [5.41, 5.74) is 3.69.